The fraction of sp³-hybridized carbons (Fsp3) is 0.111. The number of aryl methyl sites for hydroxylation is 3. The molecule has 3 N–H and O–H groups in total. The van der Waals surface area contributed by atoms with E-state index in [4.69, 9.17) is 4.74 Å². The summed E-state index contributed by atoms with van der Waals surface area (Å²) in [6.45, 7) is 5.84. The number of hydrogen-bond acceptors (Lipinski definition) is 5. The average molecular weight is 428 g/mol. The summed E-state index contributed by atoms with van der Waals surface area (Å²) in [5.74, 6) is 1.65. The lowest BCUT2D eigenvalue weighted by Crippen LogP contribution is -2.12. The molecule has 0 radical (unpaired) electrons. The molecule has 5 heteroatoms. The maximum absolute atomic E-state index is 10.1. The van der Waals surface area contributed by atoms with Gasteiger partial charge in [0, 0.05) is 23.9 Å². The SMILES string of the molecule is Cc1cc(O)cc(Oc2ccc(N(c3cc(O)ccc3C)c3cc(O)ccc3C)cc2)c1. The molecule has 0 saturated carbocycles. The molecule has 0 atom stereocenters. The van der Waals surface area contributed by atoms with Crippen molar-refractivity contribution in [2.24, 2.45) is 0 Å². The Morgan fingerprint density at radius 2 is 1.12 bits per heavy atom. The molecule has 0 aliphatic heterocycles. The van der Waals surface area contributed by atoms with Gasteiger partial charge in [-0.05, 0) is 86.0 Å². The van der Waals surface area contributed by atoms with Crippen LogP contribution < -0.4 is 9.64 Å². The molecule has 4 aromatic carbocycles. The van der Waals surface area contributed by atoms with E-state index in [1.54, 1.807) is 36.4 Å². The van der Waals surface area contributed by atoms with Crippen molar-refractivity contribution in [1.82, 2.24) is 0 Å². The smallest absolute Gasteiger partial charge is 0.131 e. The van der Waals surface area contributed by atoms with Crippen molar-refractivity contribution >= 4 is 17.1 Å². The Bertz CT molecular complexity index is 1190. The van der Waals surface area contributed by atoms with E-state index in [9.17, 15) is 15.3 Å². The van der Waals surface area contributed by atoms with E-state index in [-0.39, 0.29) is 17.2 Å². The number of rotatable bonds is 5. The third-order valence-corrected chi connectivity index (χ3v) is 5.23. The number of nitrogens with zero attached hydrogens (tertiary/aromatic N) is 1. The second kappa shape index (κ2) is 8.55. The molecule has 0 aliphatic rings. The van der Waals surface area contributed by atoms with Gasteiger partial charge in [0.1, 0.15) is 28.7 Å². The second-order valence-electron chi connectivity index (χ2n) is 7.88. The van der Waals surface area contributed by atoms with Crippen LogP contribution in [0.4, 0.5) is 17.1 Å². The molecular formula is C27H25NO4. The summed E-state index contributed by atoms with van der Waals surface area (Å²) in [6, 6.07) is 23.0. The Labute approximate surface area is 187 Å². The van der Waals surface area contributed by atoms with Gasteiger partial charge in [-0.3, -0.25) is 0 Å². The Kier molecular flexibility index (Phi) is 5.65. The van der Waals surface area contributed by atoms with Crippen LogP contribution in [0.5, 0.6) is 28.7 Å². The lowest BCUT2D eigenvalue weighted by molar-refractivity contribution is 0.454. The third kappa shape index (κ3) is 4.47. The minimum atomic E-state index is 0.154. The zero-order valence-corrected chi connectivity index (χ0v) is 18.2. The van der Waals surface area contributed by atoms with Gasteiger partial charge < -0.3 is 25.0 Å². The average Bonchev–Trinajstić information content (AvgIpc) is 2.74. The van der Waals surface area contributed by atoms with Gasteiger partial charge >= 0.3 is 0 Å². The zero-order valence-electron chi connectivity index (χ0n) is 18.2. The van der Waals surface area contributed by atoms with Crippen molar-refractivity contribution in [3.8, 4) is 28.7 Å². The first-order valence-corrected chi connectivity index (χ1v) is 10.3. The maximum Gasteiger partial charge on any atom is 0.131 e. The van der Waals surface area contributed by atoms with Gasteiger partial charge in [0.05, 0.1) is 11.4 Å². The molecule has 0 aliphatic carbocycles. The number of benzene rings is 4. The first kappa shape index (κ1) is 21.1. The van der Waals surface area contributed by atoms with E-state index < -0.39 is 0 Å². The molecule has 0 saturated heterocycles. The van der Waals surface area contributed by atoms with E-state index in [2.05, 4.69) is 0 Å². The first-order chi connectivity index (χ1) is 15.3. The van der Waals surface area contributed by atoms with Gasteiger partial charge in [-0.15, -0.1) is 0 Å². The largest absolute Gasteiger partial charge is 0.508 e. The monoisotopic (exact) mass is 427 g/mol. The number of aromatic hydroxyl groups is 3. The second-order valence-corrected chi connectivity index (χ2v) is 7.88. The lowest BCUT2D eigenvalue weighted by Gasteiger charge is -2.28. The Hall–Kier alpha value is -4.12. The molecule has 5 nitrogen and oxygen atoms in total. The highest BCUT2D eigenvalue weighted by molar-refractivity contribution is 5.81. The minimum absolute atomic E-state index is 0.154. The normalized spacial score (nSPS) is 10.7. The molecule has 4 aromatic rings. The van der Waals surface area contributed by atoms with Crippen LogP contribution in [0.2, 0.25) is 0 Å². The van der Waals surface area contributed by atoms with E-state index in [1.165, 1.54) is 0 Å². The highest BCUT2D eigenvalue weighted by atomic mass is 16.5. The number of phenolic OH excluding ortho intramolecular Hbond substituents is 3. The number of anilines is 3. The molecule has 0 aromatic heterocycles. The Morgan fingerprint density at radius 1 is 0.562 bits per heavy atom. The van der Waals surface area contributed by atoms with Crippen LogP contribution >= 0.6 is 0 Å². The summed E-state index contributed by atoms with van der Waals surface area (Å²) in [5.41, 5.74) is 5.29. The zero-order chi connectivity index (χ0) is 22.8. The van der Waals surface area contributed by atoms with Crippen molar-refractivity contribution in [3.05, 3.63) is 95.6 Å². The Morgan fingerprint density at radius 3 is 1.66 bits per heavy atom. The van der Waals surface area contributed by atoms with Crippen LogP contribution in [0.3, 0.4) is 0 Å². The molecule has 0 bridgehead atoms. The minimum Gasteiger partial charge on any atom is -0.508 e. The first-order valence-electron chi connectivity index (χ1n) is 10.3. The molecule has 0 spiro atoms. The van der Waals surface area contributed by atoms with Crippen LogP contribution in [0.15, 0.2) is 78.9 Å². The molecule has 32 heavy (non-hydrogen) atoms. The van der Waals surface area contributed by atoms with Gasteiger partial charge in [-0.25, -0.2) is 0 Å². The molecular weight excluding hydrogens is 402 g/mol. The van der Waals surface area contributed by atoms with Crippen molar-refractivity contribution in [1.29, 1.82) is 0 Å². The summed E-state index contributed by atoms with van der Waals surface area (Å²) >= 11 is 0. The van der Waals surface area contributed by atoms with Crippen LogP contribution in [-0.2, 0) is 0 Å². The molecule has 0 amide bonds. The summed E-state index contributed by atoms with van der Waals surface area (Å²) < 4.78 is 5.91. The Balaban J connectivity index is 1.76. The van der Waals surface area contributed by atoms with E-state index in [0.717, 1.165) is 33.8 Å². The summed E-state index contributed by atoms with van der Waals surface area (Å²) in [7, 11) is 0. The fourth-order valence-corrected chi connectivity index (χ4v) is 3.67. The van der Waals surface area contributed by atoms with Crippen molar-refractivity contribution in [3.63, 3.8) is 0 Å². The summed E-state index contributed by atoms with van der Waals surface area (Å²) in [4.78, 5) is 1.99. The van der Waals surface area contributed by atoms with Crippen molar-refractivity contribution in [2.45, 2.75) is 20.8 Å². The summed E-state index contributed by atoms with van der Waals surface area (Å²) in [6.07, 6.45) is 0. The highest BCUT2D eigenvalue weighted by Crippen LogP contribution is 2.41. The molecule has 0 unspecified atom stereocenters. The summed E-state index contributed by atoms with van der Waals surface area (Å²) in [5, 5.41) is 30.1. The quantitative estimate of drug-likeness (QED) is 0.320. The highest BCUT2D eigenvalue weighted by Gasteiger charge is 2.18. The van der Waals surface area contributed by atoms with Gasteiger partial charge in [-0.1, -0.05) is 12.1 Å². The number of phenols is 3. The lowest BCUT2D eigenvalue weighted by atomic mass is 10.1. The van der Waals surface area contributed by atoms with E-state index in [1.807, 2.05) is 68.1 Å². The van der Waals surface area contributed by atoms with Crippen molar-refractivity contribution < 1.29 is 20.1 Å². The predicted molar refractivity (Wildman–Crippen MR) is 127 cm³/mol. The topological polar surface area (TPSA) is 73.2 Å². The standard InChI is InChI=1S/C27H25NO4/c1-17-12-23(31)14-25(13-17)32-24-10-6-20(7-11-24)28(26-15-21(29)8-4-18(26)2)27-16-22(30)9-5-19(27)3/h4-16,29-31H,1-3H3. The number of hydrogen-bond donors (Lipinski definition) is 3. The van der Waals surface area contributed by atoms with Crippen molar-refractivity contribution in [2.75, 3.05) is 4.90 Å². The molecule has 0 heterocycles. The molecule has 162 valence electrons. The fourth-order valence-electron chi connectivity index (χ4n) is 3.67. The van der Waals surface area contributed by atoms with Gasteiger partial charge in [0.2, 0.25) is 0 Å². The molecule has 0 fully saturated rings. The van der Waals surface area contributed by atoms with E-state index in [0.29, 0.717) is 11.5 Å². The third-order valence-electron chi connectivity index (χ3n) is 5.23. The van der Waals surface area contributed by atoms with Crippen LogP contribution in [0.25, 0.3) is 0 Å². The molecule has 4 rings (SSSR count). The maximum atomic E-state index is 10.1. The van der Waals surface area contributed by atoms with Gasteiger partial charge in [-0.2, -0.15) is 0 Å². The van der Waals surface area contributed by atoms with Gasteiger partial charge in [0.25, 0.3) is 0 Å². The predicted octanol–water partition coefficient (Wildman–Crippen LogP) is 6.99. The van der Waals surface area contributed by atoms with Crippen LogP contribution in [0.1, 0.15) is 16.7 Å². The van der Waals surface area contributed by atoms with Crippen LogP contribution in [-0.4, -0.2) is 15.3 Å². The number of ether oxygens (including phenoxy) is 1. The van der Waals surface area contributed by atoms with Gasteiger partial charge in [0.15, 0.2) is 0 Å². The van der Waals surface area contributed by atoms with Crippen LogP contribution in [0, 0.1) is 20.8 Å². The van der Waals surface area contributed by atoms with E-state index >= 15 is 0 Å².